The highest BCUT2D eigenvalue weighted by Gasteiger charge is 2.30. The Kier molecular flexibility index (Phi) is 7.55. The molecule has 2 N–H and O–H groups in total. The van der Waals surface area contributed by atoms with Crippen LogP contribution in [-0.2, 0) is 11.2 Å². The van der Waals surface area contributed by atoms with Crippen LogP contribution < -0.4 is 25.0 Å². The number of aryl methyl sites for hydroxylation is 1. The first kappa shape index (κ1) is 24.4. The van der Waals surface area contributed by atoms with E-state index in [2.05, 4.69) is 15.5 Å². The number of carbonyl (C=O) groups is 1. The van der Waals surface area contributed by atoms with E-state index in [1.807, 2.05) is 30.3 Å². The second kappa shape index (κ2) is 11.2. The lowest BCUT2D eigenvalue weighted by Gasteiger charge is -2.40. The number of carbonyl (C=O) groups excluding carboxylic acids is 1. The molecule has 1 amide bonds. The van der Waals surface area contributed by atoms with Crippen LogP contribution in [0.2, 0.25) is 0 Å². The van der Waals surface area contributed by atoms with Crippen molar-refractivity contribution in [1.82, 2.24) is 10.6 Å². The van der Waals surface area contributed by atoms with E-state index in [1.165, 1.54) is 6.42 Å². The van der Waals surface area contributed by atoms with Gasteiger partial charge in [0.2, 0.25) is 12.7 Å². The maximum absolute atomic E-state index is 12.8. The fraction of sp³-hybridized carbons (Fsp3) is 0.519. The summed E-state index contributed by atoms with van der Waals surface area (Å²) in [5.41, 5.74) is 2.20. The predicted molar refractivity (Wildman–Crippen MR) is 137 cm³/mol. The number of benzene rings is 2. The van der Waals surface area contributed by atoms with Crippen molar-refractivity contribution in [3.8, 4) is 11.5 Å². The number of hydrogen-bond acceptors (Lipinski definition) is 7. The van der Waals surface area contributed by atoms with Crippen LogP contribution >= 0.6 is 0 Å². The second-order valence-electron chi connectivity index (χ2n) is 9.98. The molecule has 0 bridgehead atoms. The molecule has 2 fully saturated rings. The number of non-ortho nitro benzene ring substituents is 1. The van der Waals surface area contributed by atoms with Gasteiger partial charge in [0.25, 0.3) is 5.69 Å². The predicted octanol–water partition coefficient (Wildman–Crippen LogP) is 3.94. The highest BCUT2D eigenvalue weighted by Crippen LogP contribution is 2.33. The van der Waals surface area contributed by atoms with Gasteiger partial charge in [-0.15, -0.1) is 0 Å². The van der Waals surface area contributed by atoms with Gasteiger partial charge in [0, 0.05) is 55.5 Å². The Morgan fingerprint density at radius 1 is 1.00 bits per heavy atom. The zero-order valence-corrected chi connectivity index (χ0v) is 20.5. The van der Waals surface area contributed by atoms with Crippen molar-refractivity contribution < 1.29 is 19.2 Å². The first-order valence-corrected chi connectivity index (χ1v) is 13.0. The molecule has 1 saturated carbocycles. The Morgan fingerprint density at radius 3 is 2.58 bits per heavy atom. The number of nitro benzene ring substituents is 1. The van der Waals surface area contributed by atoms with Crippen LogP contribution in [0.15, 0.2) is 42.5 Å². The van der Waals surface area contributed by atoms with E-state index in [1.54, 1.807) is 12.1 Å². The number of rotatable bonds is 8. The number of anilines is 1. The molecule has 5 rings (SSSR count). The van der Waals surface area contributed by atoms with Gasteiger partial charge in [-0.25, -0.2) is 0 Å². The van der Waals surface area contributed by atoms with Crippen molar-refractivity contribution in [1.29, 1.82) is 0 Å². The molecule has 9 nitrogen and oxygen atoms in total. The molecule has 0 radical (unpaired) electrons. The standard InChI is InChI=1S/C27H34N4O5/c32-27(14-8-19-7-13-25-26(16-19)36-18-35-25)29-24-6-2-1-5-23(24)28-20-4-3-15-30(17-20)21-9-11-22(12-10-21)31(33)34/h7,9-13,16,20,23-24,28H,1-6,8,14-15,17-18H2,(H,29,32)/t20?,23-,24-/m1/s1. The largest absolute Gasteiger partial charge is 0.454 e. The third-order valence-corrected chi connectivity index (χ3v) is 7.49. The quantitative estimate of drug-likeness (QED) is 0.423. The molecule has 2 heterocycles. The van der Waals surface area contributed by atoms with Gasteiger partial charge in [0.15, 0.2) is 11.5 Å². The molecule has 36 heavy (non-hydrogen) atoms. The molecule has 1 unspecified atom stereocenters. The topological polar surface area (TPSA) is 106 Å². The van der Waals surface area contributed by atoms with Gasteiger partial charge >= 0.3 is 0 Å². The van der Waals surface area contributed by atoms with Gasteiger partial charge in [-0.05, 0) is 61.9 Å². The molecular weight excluding hydrogens is 460 g/mol. The summed E-state index contributed by atoms with van der Waals surface area (Å²) in [7, 11) is 0. The van der Waals surface area contributed by atoms with E-state index in [0.717, 1.165) is 67.9 Å². The minimum absolute atomic E-state index is 0.0857. The van der Waals surface area contributed by atoms with Crippen LogP contribution in [-0.4, -0.2) is 48.8 Å². The number of piperidine rings is 1. The first-order valence-electron chi connectivity index (χ1n) is 13.0. The van der Waals surface area contributed by atoms with Gasteiger partial charge in [0.05, 0.1) is 4.92 Å². The zero-order valence-electron chi connectivity index (χ0n) is 20.5. The molecule has 1 saturated heterocycles. The fourth-order valence-electron chi connectivity index (χ4n) is 5.57. The van der Waals surface area contributed by atoms with Gasteiger partial charge in [-0.1, -0.05) is 18.9 Å². The van der Waals surface area contributed by atoms with E-state index in [9.17, 15) is 14.9 Å². The smallest absolute Gasteiger partial charge is 0.269 e. The van der Waals surface area contributed by atoms with Gasteiger partial charge < -0.3 is 25.0 Å². The van der Waals surface area contributed by atoms with Crippen LogP contribution in [0.5, 0.6) is 11.5 Å². The van der Waals surface area contributed by atoms with Crippen molar-refractivity contribution in [2.45, 2.75) is 69.5 Å². The Balaban J connectivity index is 1.13. The monoisotopic (exact) mass is 494 g/mol. The summed E-state index contributed by atoms with van der Waals surface area (Å²) in [4.78, 5) is 25.7. The fourth-order valence-corrected chi connectivity index (χ4v) is 5.57. The minimum Gasteiger partial charge on any atom is -0.454 e. The van der Waals surface area contributed by atoms with E-state index in [-0.39, 0.29) is 35.4 Å². The van der Waals surface area contributed by atoms with Gasteiger partial charge in [0.1, 0.15) is 0 Å². The second-order valence-corrected chi connectivity index (χ2v) is 9.98. The van der Waals surface area contributed by atoms with Crippen LogP contribution in [0.4, 0.5) is 11.4 Å². The Hall–Kier alpha value is -3.33. The van der Waals surface area contributed by atoms with Gasteiger partial charge in [-0.3, -0.25) is 14.9 Å². The lowest BCUT2D eigenvalue weighted by atomic mass is 9.88. The zero-order chi connectivity index (χ0) is 24.9. The van der Waals surface area contributed by atoms with Crippen molar-refractivity contribution in [3.63, 3.8) is 0 Å². The van der Waals surface area contributed by atoms with Crippen molar-refractivity contribution in [2.75, 3.05) is 24.8 Å². The summed E-state index contributed by atoms with van der Waals surface area (Å²) in [6, 6.07) is 13.4. The Morgan fingerprint density at radius 2 is 1.78 bits per heavy atom. The molecule has 2 aromatic rings. The molecule has 9 heteroatoms. The molecule has 2 aromatic carbocycles. The molecule has 0 aromatic heterocycles. The summed E-state index contributed by atoms with van der Waals surface area (Å²) in [5, 5.41) is 18.1. The number of nitrogens with one attached hydrogen (secondary N) is 2. The third kappa shape index (κ3) is 5.90. The summed E-state index contributed by atoms with van der Waals surface area (Å²) < 4.78 is 10.8. The summed E-state index contributed by atoms with van der Waals surface area (Å²) in [6.07, 6.45) is 7.61. The average Bonchev–Trinajstić information content (AvgIpc) is 3.37. The number of hydrogen-bond donors (Lipinski definition) is 2. The molecule has 192 valence electrons. The molecular formula is C27H34N4O5. The third-order valence-electron chi connectivity index (χ3n) is 7.49. The SMILES string of the molecule is O=C(CCc1ccc2c(c1)OCO2)N[C@@H]1CCCC[C@H]1NC1CCCN(c2ccc([N+](=O)[O-])cc2)C1. The maximum Gasteiger partial charge on any atom is 0.269 e. The van der Waals surface area contributed by atoms with Crippen molar-refractivity contribution >= 4 is 17.3 Å². The summed E-state index contributed by atoms with van der Waals surface area (Å²) in [6.45, 7) is 2.06. The van der Waals surface area contributed by atoms with E-state index in [4.69, 9.17) is 9.47 Å². The molecule has 3 atom stereocenters. The Labute approximate surface area is 211 Å². The van der Waals surface area contributed by atoms with Gasteiger partial charge in [-0.2, -0.15) is 0 Å². The van der Waals surface area contributed by atoms with Crippen LogP contribution in [0.25, 0.3) is 0 Å². The first-order chi connectivity index (χ1) is 17.5. The van der Waals surface area contributed by atoms with Crippen molar-refractivity contribution in [2.24, 2.45) is 0 Å². The molecule has 3 aliphatic rings. The number of ether oxygens (including phenoxy) is 2. The van der Waals surface area contributed by atoms with E-state index >= 15 is 0 Å². The number of fused-ring (bicyclic) bond motifs is 1. The number of nitro groups is 1. The van der Waals surface area contributed by atoms with Crippen LogP contribution in [0.3, 0.4) is 0 Å². The molecule has 1 aliphatic carbocycles. The van der Waals surface area contributed by atoms with Crippen LogP contribution in [0, 0.1) is 10.1 Å². The Bertz CT molecular complexity index is 1080. The lowest BCUT2D eigenvalue weighted by molar-refractivity contribution is -0.384. The molecule has 0 spiro atoms. The van der Waals surface area contributed by atoms with E-state index < -0.39 is 0 Å². The molecule has 2 aliphatic heterocycles. The maximum atomic E-state index is 12.8. The highest BCUT2D eigenvalue weighted by molar-refractivity contribution is 5.76. The highest BCUT2D eigenvalue weighted by atomic mass is 16.7. The summed E-state index contributed by atoms with van der Waals surface area (Å²) >= 11 is 0. The normalized spacial score (nSPS) is 23.3. The van der Waals surface area contributed by atoms with Crippen molar-refractivity contribution in [3.05, 3.63) is 58.1 Å². The summed E-state index contributed by atoms with van der Waals surface area (Å²) in [5.74, 6) is 1.59. The van der Waals surface area contributed by atoms with E-state index in [0.29, 0.717) is 18.9 Å². The number of nitrogens with zero attached hydrogens (tertiary/aromatic N) is 2. The minimum atomic E-state index is -0.364. The lowest BCUT2D eigenvalue weighted by Crippen LogP contribution is -2.57. The number of amides is 1. The van der Waals surface area contributed by atoms with Crippen LogP contribution in [0.1, 0.15) is 50.5 Å². The average molecular weight is 495 g/mol.